The summed E-state index contributed by atoms with van der Waals surface area (Å²) in [7, 11) is 0. The summed E-state index contributed by atoms with van der Waals surface area (Å²) in [5.41, 5.74) is 2.37. The Morgan fingerprint density at radius 3 is 2.59 bits per heavy atom. The number of carbonyl (C=O) groups is 1. The summed E-state index contributed by atoms with van der Waals surface area (Å²) in [5.74, 6) is -0.333. The van der Waals surface area contributed by atoms with E-state index in [-0.39, 0.29) is 11.4 Å². The summed E-state index contributed by atoms with van der Waals surface area (Å²) in [6.07, 6.45) is 0.697. The summed E-state index contributed by atoms with van der Waals surface area (Å²) in [6.45, 7) is 2.42. The lowest BCUT2D eigenvalue weighted by atomic mass is 10.1. The number of anilines is 3. The van der Waals surface area contributed by atoms with Gasteiger partial charge in [-0.25, -0.2) is 14.2 Å². The number of carboxylic acid groups (broad SMARTS) is 1. The minimum absolute atomic E-state index is 0.166. The van der Waals surface area contributed by atoms with E-state index < -0.39 is 5.97 Å². The van der Waals surface area contributed by atoms with Gasteiger partial charge in [0, 0.05) is 18.3 Å². The number of hydrogen-bond acceptors (Lipinski definition) is 5. The fourth-order valence-corrected chi connectivity index (χ4v) is 2.60. The number of nitrogens with zero attached hydrogens (tertiary/aromatic N) is 2. The van der Waals surface area contributed by atoms with Crippen LogP contribution < -0.4 is 10.6 Å². The first-order valence-corrected chi connectivity index (χ1v) is 8.44. The maximum Gasteiger partial charge on any atom is 0.337 e. The fourth-order valence-electron chi connectivity index (χ4n) is 2.60. The lowest BCUT2D eigenvalue weighted by Gasteiger charge is -2.11. The summed E-state index contributed by atoms with van der Waals surface area (Å²) in [5, 5.41) is 15.5. The van der Waals surface area contributed by atoms with E-state index >= 15 is 0 Å². The number of nitrogens with one attached hydrogen (secondary N) is 2. The van der Waals surface area contributed by atoms with E-state index in [0.717, 1.165) is 11.3 Å². The van der Waals surface area contributed by atoms with Crippen molar-refractivity contribution in [3.63, 3.8) is 0 Å². The number of para-hydroxylation sites is 1. The highest BCUT2D eigenvalue weighted by molar-refractivity contribution is 5.95. The third kappa shape index (κ3) is 5.01. The van der Waals surface area contributed by atoms with E-state index in [1.807, 2.05) is 6.92 Å². The van der Waals surface area contributed by atoms with Crippen LogP contribution in [0.4, 0.5) is 21.8 Å². The Kier molecular flexibility index (Phi) is 5.61. The summed E-state index contributed by atoms with van der Waals surface area (Å²) in [4.78, 5) is 20.1. The van der Waals surface area contributed by atoms with Gasteiger partial charge in [0.1, 0.15) is 11.6 Å². The Balaban J connectivity index is 1.69. The highest BCUT2D eigenvalue weighted by atomic mass is 19.1. The minimum atomic E-state index is -1.01. The first-order valence-electron chi connectivity index (χ1n) is 8.44. The second-order valence-corrected chi connectivity index (χ2v) is 6.00. The molecule has 2 aromatic carbocycles. The van der Waals surface area contributed by atoms with Crippen molar-refractivity contribution < 1.29 is 14.3 Å². The lowest BCUT2D eigenvalue weighted by Crippen LogP contribution is -2.10. The molecule has 0 aliphatic carbocycles. The van der Waals surface area contributed by atoms with Crippen LogP contribution in [0.3, 0.4) is 0 Å². The zero-order chi connectivity index (χ0) is 19.2. The maximum atomic E-state index is 12.9. The molecule has 0 unspecified atom stereocenters. The van der Waals surface area contributed by atoms with Crippen molar-refractivity contribution in [3.8, 4) is 0 Å². The zero-order valence-electron chi connectivity index (χ0n) is 14.7. The molecule has 0 amide bonds. The molecule has 1 heterocycles. The number of aryl methyl sites for hydroxylation is 1. The first kappa shape index (κ1) is 18.3. The molecule has 3 rings (SSSR count). The fraction of sp³-hybridized carbons (Fsp3) is 0.150. The van der Waals surface area contributed by atoms with Crippen LogP contribution >= 0.6 is 0 Å². The zero-order valence-corrected chi connectivity index (χ0v) is 14.7. The third-order valence-corrected chi connectivity index (χ3v) is 3.88. The van der Waals surface area contributed by atoms with Crippen LogP contribution in [-0.4, -0.2) is 27.6 Å². The van der Waals surface area contributed by atoms with Crippen molar-refractivity contribution in [2.45, 2.75) is 13.3 Å². The lowest BCUT2D eigenvalue weighted by molar-refractivity contribution is 0.0698. The van der Waals surface area contributed by atoms with E-state index in [2.05, 4.69) is 20.6 Å². The monoisotopic (exact) mass is 366 g/mol. The Morgan fingerprint density at radius 2 is 1.85 bits per heavy atom. The van der Waals surface area contributed by atoms with Crippen LogP contribution in [-0.2, 0) is 6.42 Å². The van der Waals surface area contributed by atoms with E-state index in [0.29, 0.717) is 30.4 Å². The van der Waals surface area contributed by atoms with Gasteiger partial charge in [-0.2, -0.15) is 4.98 Å². The summed E-state index contributed by atoms with van der Waals surface area (Å²) < 4.78 is 12.9. The SMILES string of the molecule is Cc1cc(Nc2ccccc2C(=O)O)nc(NCCc2ccc(F)cc2)n1. The van der Waals surface area contributed by atoms with Crippen LogP contribution in [0.2, 0.25) is 0 Å². The number of hydrogen-bond donors (Lipinski definition) is 3. The summed E-state index contributed by atoms with van der Waals surface area (Å²) >= 11 is 0. The number of halogens is 1. The van der Waals surface area contributed by atoms with Crippen LogP contribution in [0.1, 0.15) is 21.6 Å². The van der Waals surface area contributed by atoms with Crippen LogP contribution in [0.25, 0.3) is 0 Å². The molecule has 27 heavy (non-hydrogen) atoms. The van der Waals surface area contributed by atoms with Gasteiger partial charge in [0.15, 0.2) is 0 Å². The molecule has 3 aromatic rings. The van der Waals surface area contributed by atoms with Crippen molar-refractivity contribution >= 4 is 23.4 Å². The average Bonchev–Trinajstić information content (AvgIpc) is 2.63. The van der Waals surface area contributed by atoms with Crippen LogP contribution in [0.5, 0.6) is 0 Å². The quantitative estimate of drug-likeness (QED) is 0.585. The molecule has 0 saturated carbocycles. The Morgan fingerprint density at radius 1 is 1.11 bits per heavy atom. The number of aromatic nitrogens is 2. The molecule has 0 fully saturated rings. The van der Waals surface area contributed by atoms with Gasteiger partial charge >= 0.3 is 5.97 Å². The Bertz CT molecular complexity index is 945. The molecule has 1 aromatic heterocycles. The maximum absolute atomic E-state index is 12.9. The van der Waals surface area contributed by atoms with E-state index in [1.54, 1.807) is 36.4 Å². The predicted molar refractivity (Wildman–Crippen MR) is 102 cm³/mol. The molecule has 0 radical (unpaired) electrons. The number of aromatic carboxylic acids is 1. The molecular formula is C20H19FN4O2. The molecule has 0 aliphatic rings. The standard InChI is InChI=1S/C20H19FN4O2/c1-13-12-18(24-17-5-3-2-4-16(17)19(26)27)25-20(23-13)22-11-10-14-6-8-15(21)9-7-14/h2-9,12H,10-11H2,1H3,(H,26,27)(H2,22,23,24,25). The molecule has 0 spiro atoms. The number of rotatable bonds is 7. The van der Waals surface area contributed by atoms with Crippen LogP contribution in [0, 0.1) is 12.7 Å². The van der Waals surface area contributed by atoms with Gasteiger partial charge in [0.25, 0.3) is 0 Å². The molecule has 3 N–H and O–H groups in total. The van der Waals surface area contributed by atoms with Crippen molar-refractivity contribution in [1.29, 1.82) is 0 Å². The largest absolute Gasteiger partial charge is 0.478 e. The molecular weight excluding hydrogens is 347 g/mol. The molecule has 0 bridgehead atoms. The normalized spacial score (nSPS) is 10.4. The van der Waals surface area contributed by atoms with E-state index in [1.165, 1.54) is 18.2 Å². The van der Waals surface area contributed by atoms with Gasteiger partial charge in [0.05, 0.1) is 11.3 Å². The second-order valence-electron chi connectivity index (χ2n) is 6.00. The first-order chi connectivity index (χ1) is 13.0. The highest BCUT2D eigenvalue weighted by Gasteiger charge is 2.10. The number of benzene rings is 2. The average molecular weight is 366 g/mol. The second kappa shape index (κ2) is 8.27. The van der Waals surface area contributed by atoms with E-state index in [9.17, 15) is 14.3 Å². The number of carboxylic acids is 1. The van der Waals surface area contributed by atoms with Crippen molar-refractivity contribution in [2.24, 2.45) is 0 Å². The summed E-state index contributed by atoms with van der Waals surface area (Å²) in [6, 6.07) is 14.7. The van der Waals surface area contributed by atoms with Crippen molar-refractivity contribution in [2.75, 3.05) is 17.2 Å². The smallest absolute Gasteiger partial charge is 0.337 e. The predicted octanol–water partition coefficient (Wildman–Crippen LogP) is 4.02. The highest BCUT2D eigenvalue weighted by Crippen LogP contribution is 2.21. The van der Waals surface area contributed by atoms with E-state index in [4.69, 9.17) is 0 Å². The Hall–Kier alpha value is -3.48. The molecule has 0 atom stereocenters. The van der Waals surface area contributed by atoms with Crippen molar-refractivity contribution in [3.05, 3.63) is 77.2 Å². The van der Waals surface area contributed by atoms with Gasteiger partial charge in [-0.1, -0.05) is 24.3 Å². The molecule has 0 aliphatic heterocycles. The molecule has 6 nitrogen and oxygen atoms in total. The molecule has 7 heteroatoms. The van der Waals surface area contributed by atoms with Crippen LogP contribution in [0.15, 0.2) is 54.6 Å². The Labute approximate surface area is 156 Å². The van der Waals surface area contributed by atoms with Gasteiger partial charge in [-0.05, 0) is 43.2 Å². The van der Waals surface area contributed by atoms with Gasteiger partial charge in [-0.15, -0.1) is 0 Å². The van der Waals surface area contributed by atoms with Gasteiger partial charge in [-0.3, -0.25) is 0 Å². The topological polar surface area (TPSA) is 87.1 Å². The van der Waals surface area contributed by atoms with Crippen molar-refractivity contribution in [1.82, 2.24) is 9.97 Å². The van der Waals surface area contributed by atoms with Gasteiger partial charge in [0.2, 0.25) is 5.95 Å². The van der Waals surface area contributed by atoms with Gasteiger partial charge < -0.3 is 15.7 Å². The molecule has 0 saturated heterocycles. The molecule has 138 valence electrons. The minimum Gasteiger partial charge on any atom is -0.478 e. The third-order valence-electron chi connectivity index (χ3n) is 3.88.